The molecule has 0 spiro atoms. The zero-order chi connectivity index (χ0) is 14.8. The molecule has 0 bridgehead atoms. The normalized spacial score (nSPS) is 20.0. The van der Waals surface area contributed by atoms with Gasteiger partial charge in [-0.3, -0.25) is 14.5 Å². The van der Waals surface area contributed by atoms with Crippen LogP contribution in [0.5, 0.6) is 0 Å². The summed E-state index contributed by atoms with van der Waals surface area (Å²) in [5, 5.41) is 3.31. The molecule has 1 heterocycles. The molecule has 1 atom stereocenters. The Morgan fingerprint density at radius 3 is 2.81 bits per heavy atom. The maximum atomic E-state index is 12.7. The van der Waals surface area contributed by atoms with E-state index in [0.29, 0.717) is 5.25 Å². The summed E-state index contributed by atoms with van der Waals surface area (Å²) >= 11 is 1.76. The molecular weight excluding hydrogens is 284 g/mol. The zero-order valence-electron chi connectivity index (χ0n) is 12.2. The Labute approximate surface area is 129 Å². The van der Waals surface area contributed by atoms with Crippen molar-refractivity contribution in [2.45, 2.75) is 43.1 Å². The van der Waals surface area contributed by atoms with Crippen LogP contribution in [0, 0.1) is 0 Å². The van der Waals surface area contributed by atoms with Crippen LogP contribution in [0.25, 0.3) is 0 Å². The smallest absolute Gasteiger partial charge is 0.244 e. The summed E-state index contributed by atoms with van der Waals surface area (Å²) in [6, 6.07) is 7.48. The van der Waals surface area contributed by atoms with E-state index in [1.807, 2.05) is 31.2 Å². The molecular formula is C16H20N2O2S. The molecule has 1 N–H and O–H groups in total. The number of fused-ring (bicyclic) bond motifs is 1. The molecule has 5 heteroatoms. The summed E-state index contributed by atoms with van der Waals surface area (Å²) in [6.45, 7) is 2.08. The minimum atomic E-state index is -0.125. The Hall–Kier alpha value is -1.49. The summed E-state index contributed by atoms with van der Waals surface area (Å²) in [6.07, 6.45) is 4.96. The van der Waals surface area contributed by atoms with Gasteiger partial charge in [0.25, 0.3) is 0 Å². The third kappa shape index (κ3) is 3.07. The molecule has 0 saturated heterocycles. The number of anilines is 2. The number of benzene rings is 1. The standard InChI is InChI=1S/C16H20N2O2S/c1-11(21-12-6-2-3-7-12)16(20)18-10-15(19)17-13-8-4-5-9-14(13)18/h4-5,8-9,11-12H,2-3,6-7,10H2,1H3,(H,17,19)/t11-/m0/s1. The quantitative estimate of drug-likeness (QED) is 0.934. The van der Waals surface area contributed by atoms with Crippen LogP contribution >= 0.6 is 11.8 Å². The Morgan fingerprint density at radius 2 is 2.05 bits per heavy atom. The molecule has 0 aromatic heterocycles. The van der Waals surface area contributed by atoms with Gasteiger partial charge in [0.15, 0.2) is 0 Å². The zero-order valence-corrected chi connectivity index (χ0v) is 13.0. The number of nitrogens with one attached hydrogen (secondary N) is 1. The van der Waals surface area contributed by atoms with Crippen LogP contribution in [0.15, 0.2) is 24.3 Å². The van der Waals surface area contributed by atoms with Crippen LogP contribution in [0.1, 0.15) is 32.6 Å². The van der Waals surface area contributed by atoms with E-state index >= 15 is 0 Å². The fourth-order valence-electron chi connectivity index (χ4n) is 3.02. The third-order valence-corrected chi connectivity index (χ3v) is 5.55. The number of hydrogen-bond donors (Lipinski definition) is 1. The molecule has 0 unspecified atom stereocenters. The second-order valence-electron chi connectivity index (χ2n) is 5.67. The second kappa shape index (κ2) is 6.10. The summed E-state index contributed by atoms with van der Waals surface area (Å²) in [4.78, 5) is 26.1. The van der Waals surface area contributed by atoms with Crippen LogP contribution in [0.4, 0.5) is 11.4 Å². The van der Waals surface area contributed by atoms with Crippen molar-refractivity contribution in [2.75, 3.05) is 16.8 Å². The van der Waals surface area contributed by atoms with Crippen molar-refractivity contribution >= 4 is 35.0 Å². The lowest BCUT2D eigenvalue weighted by Crippen LogP contribution is -2.45. The fourth-order valence-corrected chi connectivity index (χ4v) is 4.45. The number of hydrogen-bond acceptors (Lipinski definition) is 3. The monoisotopic (exact) mass is 304 g/mol. The minimum Gasteiger partial charge on any atom is -0.323 e. The van der Waals surface area contributed by atoms with E-state index in [4.69, 9.17) is 0 Å². The van der Waals surface area contributed by atoms with Crippen molar-refractivity contribution in [3.63, 3.8) is 0 Å². The van der Waals surface area contributed by atoms with Crippen molar-refractivity contribution in [1.82, 2.24) is 0 Å². The Kier molecular flexibility index (Phi) is 4.19. The molecule has 21 heavy (non-hydrogen) atoms. The Morgan fingerprint density at radius 1 is 1.33 bits per heavy atom. The molecule has 1 aliphatic carbocycles. The van der Waals surface area contributed by atoms with Gasteiger partial charge in [0.1, 0.15) is 6.54 Å². The van der Waals surface area contributed by atoms with Crippen LogP contribution in [-0.2, 0) is 9.59 Å². The molecule has 2 amide bonds. The molecule has 1 aromatic carbocycles. The van der Waals surface area contributed by atoms with E-state index in [-0.39, 0.29) is 23.6 Å². The van der Waals surface area contributed by atoms with Gasteiger partial charge >= 0.3 is 0 Å². The molecule has 3 rings (SSSR count). The van der Waals surface area contributed by atoms with Gasteiger partial charge in [-0.05, 0) is 31.9 Å². The molecule has 4 nitrogen and oxygen atoms in total. The average molecular weight is 304 g/mol. The van der Waals surface area contributed by atoms with E-state index < -0.39 is 0 Å². The average Bonchev–Trinajstić information content (AvgIpc) is 2.98. The molecule has 0 radical (unpaired) electrons. The summed E-state index contributed by atoms with van der Waals surface area (Å²) < 4.78 is 0. The van der Waals surface area contributed by atoms with Gasteiger partial charge in [-0.25, -0.2) is 0 Å². The largest absolute Gasteiger partial charge is 0.323 e. The van der Waals surface area contributed by atoms with Crippen LogP contribution < -0.4 is 10.2 Å². The minimum absolute atomic E-state index is 0.0363. The number of carbonyl (C=O) groups excluding carboxylic acids is 2. The first-order chi connectivity index (χ1) is 10.1. The maximum Gasteiger partial charge on any atom is 0.244 e. The van der Waals surface area contributed by atoms with E-state index in [1.54, 1.807) is 16.7 Å². The third-order valence-electron chi connectivity index (χ3n) is 4.08. The van der Waals surface area contributed by atoms with Crippen molar-refractivity contribution in [2.24, 2.45) is 0 Å². The van der Waals surface area contributed by atoms with Gasteiger partial charge in [0.05, 0.1) is 16.6 Å². The second-order valence-corrected chi connectivity index (χ2v) is 7.32. The molecule has 112 valence electrons. The number of para-hydroxylation sites is 2. The lowest BCUT2D eigenvalue weighted by Gasteiger charge is -2.31. The van der Waals surface area contributed by atoms with Crippen LogP contribution in [-0.4, -0.2) is 28.9 Å². The van der Waals surface area contributed by atoms with Gasteiger partial charge in [-0.15, -0.1) is 11.8 Å². The van der Waals surface area contributed by atoms with E-state index in [9.17, 15) is 9.59 Å². The van der Waals surface area contributed by atoms with Crippen molar-refractivity contribution < 1.29 is 9.59 Å². The highest BCUT2D eigenvalue weighted by Gasteiger charge is 2.31. The lowest BCUT2D eigenvalue weighted by atomic mass is 10.2. The van der Waals surface area contributed by atoms with Gasteiger partial charge in [0, 0.05) is 5.25 Å². The van der Waals surface area contributed by atoms with Crippen LogP contribution in [0.3, 0.4) is 0 Å². The van der Waals surface area contributed by atoms with Gasteiger partial charge in [-0.2, -0.15) is 0 Å². The number of thioether (sulfide) groups is 1. The predicted octanol–water partition coefficient (Wildman–Crippen LogP) is 3.04. The van der Waals surface area contributed by atoms with E-state index in [1.165, 1.54) is 25.7 Å². The Balaban J connectivity index is 1.76. The number of nitrogens with zero attached hydrogens (tertiary/aromatic N) is 1. The summed E-state index contributed by atoms with van der Waals surface area (Å²) in [5.74, 6) is -0.0886. The highest BCUT2D eigenvalue weighted by molar-refractivity contribution is 8.01. The van der Waals surface area contributed by atoms with Crippen molar-refractivity contribution in [3.8, 4) is 0 Å². The van der Waals surface area contributed by atoms with Crippen molar-refractivity contribution in [1.29, 1.82) is 0 Å². The highest BCUT2D eigenvalue weighted by Crippen LogP contribution is 2.35. The van der Waals surface area contributed by atoms with Crippen molar-refractivity contribution in [3.05, 3.63) is 24.3 Å². The van der Waals surface area contributed by atoms with Gasteiger partial charge in [-0.1, -0.05) is 25.0 Å². The summed E-state index contributed by atoms with van der Waals surface area (Å²) in [7, 11) is 0. The molecule has 1 fully saturated rings. The molecule has 1 aliphatic heterocycles. The maximum absolute atomic E-state index is 12.7. The fraction of sp³-hybridized carbons (Fsp3) is 0.500. The predicted molar refractivity (Wildman–Crippen MR) is 86.7 cm³/mol. The van der Waals surface area contributed by atoms with Gasteiger partial charge < -0.3 is 5.32 Å². The summed E-state index contributed by atoms with van der Waals surface area (Å²) in [5.41, 5.74) is 1.53. The molecule has 1 saturated carbocycles. The molecule has 1 aromatic rings. The number of amides is 2. The SMILES string of the molecule is C[C@H](SC1CCCC1)C(=O)N1CC(=O)Nc2ccccc21. The molecule has 2 aliphatic rings. The van der Waals surface area contributed by atoms with E-state index in [0.717, 1.165) is 11.4 Å². The first kappa shape index (κ1) is 14.4. The number of carbonyl (C=O) groups is 2. The first-order valence-electron chi connectivity index (χ1n) is 7.51. The highest BCUT2D eigenvalue weighted by atomic mass is 32.2. The topological polar surface area (TPSA) is 49.4 Å². The van der Waals surface area contributed by atoms with Crippen LogP contribution in [0.2, 0.25) is 0 Å². The van der Waals surface area contributed by atoms with Gasteiger partial charge in [0.2, 0.25) is 11.8 Å². The number of rotatable bonds is 3. The lowest BCUT2D eigenvalue weighted by molar-refractivity contribution is -0.121. The Bertz CT molecular complexity index is 555. The first-order valence-corrected chi connectivity index (χ1v) is 8.45. The van der Waals surface area contributed by atoms with E-state index in [2.05, 4.69) is 5.32 Å².